The molecule has 0 aromatic heterocycles. The molecule has 0 atom stereocenters. The topological polar surface area (TPSA) is 143 Å². The number of carbonyl (C=O) groups is 4. The van der Waals surface area contributed by atoms with Gasteiger partial charge in [-0.3, -0.25) is 14.4 Å². The van der Waals surface area contributed by atoms with Crippen LogP contribution in [0.2, 0.25) is 0 Å². The molecule has 3 rings (SSSR count). The van der Waals surface area contributed by atoms with E-state index in [9.17, 15) is 24.4 Å². The molecule has 0 saturated heterocycles. The summed E-state index contributed by atoms with van der Waals surface area (Å²) in [5, 5.41) is 9.66. The van der Waals surface area contributed by atoms with E-state index >= 15 is 0 Å². The summed E-state index contributed by atoms with van der Waals surface area (Å²) in [5.41, 5.74) is -0.574. The van der Waals surface area contributed by atoms with Crippen LogP contribution in [0.25, 0.3) is 4.85 Å². The van der Waals surface area contributed by atoms with Gasteiger partial charge in [-0.05, 0) is 0 Å². The minimum absolute atomic E-state index is 0.0618. The molecule has 37 heavy (non-hydrogen) atoms. The van der Waals surface area contributed by atoms with Crippen LogP contribution in [-0.2, 0) is 33.4 Å². The first kappa shape index (κ1) is 28.5. The molecule has 0 radical (unpaired) electrons. The average Bonchev–Trinajstić information content (AvgIpc) is 3.47. The molecule has 0 spiro atoms. The van der Waals surface area contributed by atoms with E-state index in [1.54, 1.807) is 0 Å². The van der Waals surface area contributed by atoms with E-state index in [2.05, 4.69) is 9.58 Å². The maximum atomic E-state index is 12.5. The molecule has 0 aliphatic carbocycles. The summed E-state index contributed by atoms with van der Waals surface area (Å²) in [6.07, 6.45) is 0. The lowest BCUT2D eigenvalue weighted by atomic mass is 10.3. The lowest BCUT2D eigenvalue weighted by Gasteiger charge is -2.15. The summed E-state index contributed by atoms with van der Waals surface area (Å²) in [7, 11) is 2.58. The lowest BCUT2D eigenvalue weighted by Crippen LogP contribution is -2.11. The minimum atomic E-state index is -0.869. The fraction of sp³-hybridized carbons (Fsp3) is 0.273. The fourth-order valence-corrected chi connectivity index (χ4v) is 8.11. The minimum Gasteiger partial charge on any atom is -0.474 e. The molecule has 192 valence electrons. The Balaban J connectivity index is 2.21. The third-order valence-electron chi connectivity index (χ3n) is 4.23. The summed E-state index contributed by atoms with van der Waals surface area (Å²) >= 11 is 3.88. The average molecular weight is 581 g/mol. The van der Waals surface area contributed by atoms with Gasteiger partial charge in [0.05, 0.1) is 48.3 Å². The second kappa shape index (κ2) is 12.4. The van der Waals surface area contributed by atoms with Gasteiger partial charge in [-0.15, -0.1) is 0 Å². The molecule has 0 unspecified atom stereocenters. The first-order chi connectivity index (χ1) is 17.7. The zero-order valence-electron chi connectivity index (χ0n) is 19.6. The monoisotopic (exact) mass is 580 g/mol. The maximum Gasteiger partial charge on any atom is 0.350 e. The quantitative estimate of drug-likeness (QED) is 0.114. The van der Waals surface area contributed by atoms with Crippen LogP contribution in [0.1, 0.15) is 13.8 Å². The van der Waals surface area contributed by atoms with Crippen LogP contribution in [0.15, 0.2) is 39.3 Å². The van der Waals surface area contributed by atoms with E-state index in [0.717, 1.165) is 54.2 Å². The summed E-state index contributed by atoms with van der Waals surface area (Å²) in [6, 6.07) is 1.84. The number of hydrogen-bond acceptors (Lipinski definition) is 14. The van der Waals surface area contributed by atoms with Crippen molar-refractivity contribution in [1.82, 2.24) is 0 Å². The largest absolute Gasteiger partial charge is 0.474 e. The molecule has 0 saturated carbocycles. The summed E-state index contributed by atoms with van der Waals surface area (Å²) < 4.78 is 26.1. The van der Waals surface area contributed by atoms with Crippen molar-refractivity contribution in [2.75, 3.05) is 27.4 Å². The SMILES string of the molecule is [C-]#[N+]C(C(=O)OC)=C1Sc2c(OC(C)=O)c3c(c(OC(C)=O)c2S1)SC(=C(C#N)C(=O)OCCOC)S3. The van der Waals surface area contributed by atoms with Crippen molar-refractivity contribution in [3.8, 4) is 17.6 Å². The molecule has 2 heterocycles. The normalized spacial score (nSPS) is 13.0. The molecule has 0 N–H and O–H groups in total. The molecule has 15 heteroatoms. The van der Waals surface area contributed by atoms with Gasteiger partial charge in [-0.2, -0.15) is 5.26 Å². The van der Waals surface area contributed by atoms with Gasteiger partial charge in [-0.25, -0.2) is 9.64 Å². The highest BCUT2D eigenvalue weighted by atomic mass is 32.2. The van der Waals surface area contributed by atoms with E-state index in [0.29, 0.717) is 19.6 Å². The molecule has 2 aliphatic rings. The number of fused-ring (bicyclic) bond motifs is 2. The van der Waals surface area contributed by atoms with Crippen LogP contribution in [0.3, 0.4) is 0 Å². The second-order valence-corrected chi connectivity index (χ2v) is 11.3. The Morgan fingerprint density at radius 2 is 1.32 bits per heavy atom. The highest BCUT2D eigenvalue weighted by molar-refractivity contribution is 8.26. The van der Waals surface area contributed by atoms with Gasteiger partial charge in [0.1, 0.15) is 12.7 Å². The molecular weight excluding hydrogens is 565 g/mol. The van der Waals surface area contributed by atoms with Gasteiger partial charge in [0.15, 0.2) is 17.1 Å². The van der Waals surface area contributed by atoms with Crippen molar-refractivity contribution < 1.29 is 42.9 Å². The van der Waals surface area contributed by atoms with Crippen LogP contribution in [0.4, 0.5) is 0 Å². The number of rotatable bonds is 7. The van der Waals surface area contributed by atoms with Crippen LogP contribution in [0.5, 0.6) is 11.5 Å². The highest BCUT2D eigenvalue weighted by Crippen LogP contribution is 2.68. The molecule has 0 fully saturated rings. The van der Waals surface area contributed by atoms with Crippen LogP contribution in [-0.4, -0.2) is 51.3 Å². The van der Waals surface area contributed by atoms with Gasteiger partial charge < -0.3 is 23.7 Å². The molecule has 0 bridgehead atoms. The van der Waals surface area contributed by atoms with E-state index in [1.807, 2.05) is 6.07 Å². The van der Waals surface area contributed by atoms with E-state index in [1.165, 1.54) is 21.0 Å². The lowest BCUT2D eigenvalue weighted by molar-refractivity contribution is -0.140. The van der Waals surface area contributed by atoms with Gasteiger partial charge in [0.25, 0.3) is 5.70 Å². The number of esters is 4. The van der Waals surface area contributed by atoms with Crippen molar-refractivity contribution in [3.63, 3.8) is 0 Å². The predicted octanol–water partition coefficient (Wildman–Crippen LogP) is 4.12. The molecule has 2 aliphatic heterocycles. The molecule has 1 aromatic rings. The maximum absolute atomic E-state index is 12.5. The Labute approximate surface area is 228 Å². The van der Waals surface area contributed by atoms with Crippen molar-refractivity contribution in [3.05, 3.63) is 31.2 Å². The van der Waals surface area contributed by atoms with Crippen molar-refractivity contribution in [2.45, 2.75) is 33.4 Å². The number of methoxy groups -OCH3 is 2. The van der Waals surface area contributed by atoms with Crippen molar-refractivity contribution >= 4 is 70.9 Å². The highest BCUT2D eigenvalue weighted by Gasteiger charge is 2.40. The Bertz CT molecular complexity index is 1300. The fourth-order valence-electron chi connectivity index (χ4n) is 2.81. The zero-order chi connectivity index (χ0) is 27.3. The summed E-state index contributed by atoms with van der Waals surface area (Å²) in [4.78, 5) is 53.2. The standard InChI is InChI=1S/C22H16N2O9S4/c1-9(25)32-13-15-16(35-21(34-15)11(8-23)19(27)31-7-6-29-4)14(33-10(2)26)18-17(13)36-22(37-18)12(24-3)20(28)30-5/h6-7H2,1-2,4-5H3. The van der Waals surface area contributed by atoms with Gasteiger partial charge in [-0.1, -0.05) is 47.0 Å². The Morgan fingerprint density at radius 3 is 1.70 bits per heavy atom. The van der Waals surface area contributed by atoms with E-state index in [-0.39, 0.29) is 44.5 Å². The Morgan fingerprint density at radius 1 is 0.838 bits per heavy atom. The van der Waals surface area contributed by atoms with E-state index in [4.69, 9.17) is 25.5 Å². The molecule has 0 amide bonds. The molecule has 11 nitrogen and oxygen atoms in total. The second-order valence-electron chi connectivity index (χ2n) is 6.71. The van der Waals surface area contributed by atoms with Crippen LogP contribution >= 0.6 is 47.0 Å². The first-order valence-corrected chi connectivity index (χ1v) is 13.3. The molecule has 1 aromatic carbocycles. The Hall–Kier alpha value is -3.08. The van der Waals surface area contributed by atoms with Crippen LogP contribution < -0.4 is 9.47 Å². The Kier molecular flexibility index (Phi) is 9.58. The van der Waals surface area contributed by atoms with E-state index < -0.39 is 23.9 Å². The third-order valence-corrected chi connectivity index (χ3v) is 9.40. The number of benzene rings is 1. The predicted molar refractivity (Wildman–Crippen MR) is 134 cm³/mol. The number of nitrogens with zero attached hydrogens (tertiary/aromatic N) is 2. The summed E-state index contributed by atoms with van der Waals surface area (Å²) in [6.45, 7) is 9.86. The molecular formula is C22H16N2O9S4. The first-order valence-electron chi connectivity index (χ1n) is 9.99. The zero-order valence-corrected chi connectivity index (χ0v) is 22.9. The van der Waals surface area contributed by atoms with Gasteiger partial charge in [0, 0.05) is 21.0 Å². The summed E-state index contributed by atoms with van der Waals surface area (Å²) in [5.74, 6) is -2.89. The van der Waals surface area contributed by atoms with Crippen LogP contribution in [0, 0.1) is 17.9 Å². The van der Waals surface area contributed by atoms with Crippen molar-refractivity contribution in [1.29, 1.82) is 5.26 Å². The number of hydrogen-bond donors (Lipinski definition) is 0. The smallest absolute Gasteiger partial charge is 0.350 e. The number of nitriles is 1. The van der Waals surface area contributed by atoms with Gasteiger partial charge >= 0.3 is 23.9 Å². The number of ether oxygens (including phenoxy) is 5. The number of thioether (sulfide) groups is 4. The third kappa shape index (κ3) is 6.08. The number of carbonyl (C=O) groups excluding carboxylic acids is 4. The van der Waals surface area contributed by atoms with Crippen molar-refractivity contribution in [2.24, 2.45) is 0 Å². The van der Waals surface area contributed by atoms with Gasteiger partial charge in [0.2, 0.25) is 0 Å².